The van der Waals surface area contributed by atoms with Gasteiger partial charge >= 0.3 is 0 Å². The molecule has 1 aliphatic carbocycles. The summed E-state index contributed by atoms with van der Waals surface area (Å²) in [6.07, 6.45) is 1.88. The molecule has 0 radical (unpaired) electrons. The van der Waals surface area contributed by atoms with Crippen molar-refractivity contribution in [3.8, 4) is 22.5 Å². The summed E-state index contributed by atoms with van der Waals surface area (Å²) >= 11 is 0. The molecule has 0 atom stereocenters. The first-order chi connectivity index (χ1) is 11.9. The fourth-order valence-corrected chi connectivity index (χ4v) is 3.33. The van der Waals surface area contributed by atoms with Gasteiger partial charge in [-0.1, -0.05) is 53.7 Å². The lowest BCUT2D eigenvalue weighted by atomic mass is 9.99. The van der Waals surface area contributed by atoms with Crippen LogP contribution in [0.5, 0.6) is 0 Å². The highest BCUT2D eigenvalue weighted by Gasteiger charge is 2.28. The Morgan fingerprint density at radius 3 is 2.38 bits per heavy atom. The van der Waals surface area contributed by atoms with Crippen molar-refractivity contribution in [3.63, 3.8) is 0 Å². The lowest BCUT2D eigenvalue weighted by molar-refractivity contribution is 0.320. The molecule has 0 unspecified atom stereocenters. The Hall–Kier alpha value is -3.47. The van der Waals surface area contributed by atoms with Crippen molar-refractivity contribution in [2.24, 2.45) is 5.16 Å². The lowest BCUT2D eigenvalue weighted by Gasteiger charge is -2.05. The van der Waals surface area contributed by atoms with Gasteiger partial charge in [-0.2, -0.15) is 0 Å². The van der Waals surface area contributed by atoms with E-state index in [1.807, 2.05) is 66.9 Å². The average molecular weight is 312 g/mol. The zero-order chi connectivity index (χ0) is 16.1. The van der Waals surface area contributed by atoms with E-state index < -0.39 is 0 Å². The molecule has 1 N–H and O–H groups in total. The van der Waals surface area contributed by atoms with Gasteiger partial charge in [0.15, 0.2) is 11.5 Å². The lowest BCUT2D eigenvalue weighted by Crippen LogP contribution is -1.97. The van der Waals surface area contributed by atoms with Crippen molar-refractivity contribution in [2.75, 3.05) is 0 Å². The van der Waals surface area contributed by atoms with Gasteiger partial charge in [-0.25, -0.2) is 9.50 Å². The molecule has 5 rings (SSSR count). The fraction of sp³-hybridized carbons (Fsp3) is 0. The summed E-state index contributed by atoms with van der Waals surface area (Å²) in [4.78, 5) is 4.63. The Bertz CT molecular complexity index is 1090. The third kappa shape index (κ3) is 1.66. The summed E-state index contributed by atoms with van der Waals surface area (Å²) in [6.45, 7) is 0. The fourth-order valence-electron chi connectivity index (χ4n) is 3.33. The van der Waals surface area contributed by atoms with Gasteiger partial charge in [0, 0.05) is 28.5 Å². The number of hydrogen-bond donors (Lipinski definition) is 1. The second-order valence-corrected chi connectivity index (χ2v) is 5.66. The van der Waals surface area contributed by atoms with E-state index in [1.54, 1.807) is 4.52 Å². The van der Waals surface area contributed by atoms with Crippen LogP contribution in [0.3, 0.4) is 0 Å². The molecule has 0 saturated heterocycles. The highest BCUT2D eigenvalue weighted by molar-refractivity contribution is 6.25. The van der Waals surface area contributed by atoms with Crippen molar-refractivity contribution in [1.29, 1.82) is 0 Å². The van der Waals surface area contributed by atoms with Gasteiger partial charge in [-0.05, 0) is 17.7 Å². The molecule has 24 heavy (non-hydrogen) atoms. The van der Waals surface area contributed by atoms with Crippen LogP contribution in [-0.4, -0.2) is 25.5 Å². The Labute approximate surface area is 137 Å². The van der Waals surface area contributed by atoms with Crippen LogP contribution < -0.4 is 0 Å². The molecule has 0 bridgehead atoms. The number of pyridine rings is 1. The second-order valence-electron chi connectivity index (χ2n) is 5.66. The number of benzene rings is 2. The van der Waals surface area contributed by atoms with Gasteiger partial charge in [0.05, 0.1) is 0 Å². The molecule has 2 aromatic heterocycles. The zero-order valence-electron chi connectivity index (χ0n) is 12.6. The van der Waals surface area contributed by atoms with E-state index in [-0.39, 0.29) is 0 Å². The van der Waals surface area contributed by atoms with Crippen LogP contribution in [0.15, 0.2) is 72.0 Å². The number of fused-ring (bicyclic) bond motifs is 4. The third-order valence-electron chi connectivity index (χ3n) is 4.35. The highest BCUT2D eigenvalue weighted by atomic mass is 16.4. The number of oxime groups is 1. The Morgan fingerprint density at radius 2 is 1.54 bits per heavy atom. The minimum absolute atomic E-state index is 0.589. The van der Waals surface area contributed by atoms with Gasteiger partial charge in [0.1, 0.15) is 5.71 Å². The predicted molar refractivity (Wildman–Crippen MR) is 91.3 cm³/mol. The monoisotopic (exact) mass is 312 g/mol. The Morgan fingerprint density at radius 1 is 0.792 bits per heavy atom. The van der Waals surface area contributed by atoms with Crippen LogP contribution in [-0.2, 0) is 0 Å². The van der Waals surface area contributed by atoms with Crippen LogP contribution in [0, 0.1) is 0 Å². The topological polar surface area (TPSA) is 62.8 Å². The minimum Gasteiger partial charge on any atom is -0.410 e. The summed E-state index contributed by atoms with van der Waals surface area (Å²) in [5.74, 6) is 0.659. The van der Waals surface area contributed by atoms with E-state index in [0.29, 0.717) is 11.5 Å². The average Bonchev–Trinajstić information content (AvgIpc) is 3.20. The maximum Gasteiger partial charge on any atom is 0.182 e. The molecule has 5 nitrogen and oxygen atoms in total. The summed E-state index contributed by atoms with van der Waals surface area (Å²) < 4.78 is 1.76. The Kier molecular flexibility index (Phi) is 2.58. The van der Waals surface area contributed by atoms with Crippen LogP contribution in [0.2, 0.25) is 0 Å². The minimum atomic E-state index is 0.589. The molecule has 2 aromatic carbocycles. The summed E-state index contributed by atoms with van der Waals surface area (Å²) in [7, 11) is 0. The molecule has 0 saturated carbocycles. The standard InChI is InChI=1S/C19H12N4O/c24-22-18-13-7-2-1-6-12(13)17-14(18)8-5-9-15(17)19-20-16-10-3-4-11-23(16)21-19/h1-11,24H/b22-18-. The van der Waals surface area contributed by atoms with Crippen LogP contribution in [0.25, 0.3) is 28.2 Å². The summed E-state index contributed by atoms with van der Waals surface area (Å²) in [5, 5.41) is 17.6. The second kappa shape index (κ2) is 4.76. The molecule has 4 aromatic rings. The van der Waals surface area contributed by atoms with E-state index in [4.69, 9.17) is 0 Å². The quantitative estimate of drug-likeness (QED) is 0.380. The molecule has 2 heterocycles. The smallest absolute Gasteiger partial charge is 0.182 e. The number of rotatable bonds is 1. The van der Waals surface area contributed by atoms with Crippen molar-refractivity contribution in [3.05, 3.63) is 78.0 Å². The molecule has 114 valence electrons. The van der Waals surface area contributed by atoms with E-state index in [0.717, 1.165) is 33.5 Å². The first kappa shape index (κ1) is 13.0. The SMILES string of the molecule is O/N=C1/c2ccccc2-c2c1cccc2-c1nc2ccccn2n1. The molecule has 0 fully saturated rings. The number of nitrogens with zero attached hydrogens (tertiary/aromatic N) is 4. The van der Waals surface area contributed by atoms with Gasteiger partial charge in [-0.3, -0.25) is 0 Å². The molecular formula is C19H12N4O. The van der Waals surface area contributed by atoms with Crippen molar-refractivity contribution in [2.45, 2.75) is 0 Å². The van der Waals surface area contributed by atoms with Crippen molar-refractivity contribution in [1.82, 2.24) is 14.6 Å². The first-order valence-corrected chi connectivity index (χ1v) is 7.64. The van der Waals surface area contributed by atoms with Gasteiger partial charge in [0.25, 0.3) is 0 Å². The summed E-state index contributed by atoms with van der Waals surface area (Å²) in [6, 6.07) is 19.6. The van der Waals surface area contributed by atoms with Gasteiger partial charge < -0.3 is 5.21 Å². The van der Waals surface area contributed by atoms with Crippen molar-refractivity contribution >= 4 is 11.4 Å². The number of hydrogen-bond acceptors (Lipinski definition) is 4. The molecule has 0 spiro atoms. The molecular weight excluding hydrogens is 300 g/mol. The highest BCUT2D eigenvalue weighted by Crippen LogP contribution is 2.42. The third-order valence-corrected chi connectivity index (χ3v) is 4.35. The maximum atomic E-state index is 9.49. The van der Waals surface area contributed by atoms with Gasteiger partial charge in [-0.15, -0.1) is 5.10 Å². The molecule has 0 aliphatic heterocycles. The van der Waals surface area contributed by atoms with Crippen LogP contribution >= 0.6 is 0 Å². The summed E-state index contributed by atoms with van der Waals surface area (Å²) in [5.41, 5.74) is 6.19. The zero-order valence-corrected chi connectivity index (χ0v) is 12.6. The van der Waals surface area contributed by atoms with E-state index in [1.165, 1.54) is 0 Å². The van der Waals surface area contributed by atoms with Crippen LogP contribution in [0.1, 0.15) is 11.1 Å². The van der Waals surface area contributed by atoms with E-state index in [2.05, 4.69) is 15.2 Å². The molecule has 5 heteroatoms. The normalized spacial score (nSPS) is 14.1. The maximum absolute atomic E-state index is 9.49. The van der Waals surface area contributed by atoms with Crippen molar-refractivity contribution < 1.29 is 5.21 Å². The predicted octanol–water partition coefficient (Wildman–Crippen LogP) is 3.60. The molecule has 1 aliphatic rings. The largest absolute Gasteiger partial charge is 0.410 e. The van der Waals surface area contributed by atoms with Gasteiger partial charge in [0.2, 0.25) is 0 Å². The van der Waals surface area contributed by atoms with E-state index in [9.17, 15) is 5.21 Å². The Balaban J connectivity index is 1.84. The van der Waals surface area contributed by atoms with Crippen LogP contribution in [0.4, 0.5) is 0 Å². The first-order valence-electron chi connectivity index (χ1n) is 7.64. The number of aromatic nitrogens is 3. The molecule has 0 amide bonds. The van der Waals surface area contributed by atoms with E-state index >= 15 is 0 Å².